The Hall–Kier alpha value is -3.00. The van der Waals surface area contributed by atoms with E-state index in [1.54, 1.807) is 23.9 Å². The summed E-state index contributed by atoms with van der Waals surface area (Å²) in [5.41, 5.74) is 1.77. The van der Waals surface area contributed by atoms with E-state index in [1.165, 1.54) is 10.5 Å². The molecule has 0 aliphatic heterocycles. The minimum atomic E-state index is -0.361. The Labute approximate surface area is 168 Å². The van der Waals surface area contributed by atoms with Crippen LogP contribution in [0.4, 0.5) is 0 Å². The van der Waals surface area contributed by atoms with E-state index in [0.29, 0.717) is 42.8 Å². The molecule has 0 aliphatic rings. The summed E-state index contributed by atoms with van der Waals surface area (Å²) in [4.78, 5) is 30.6. The van der Waals surface area contributed by atoms with Crippen molar-refractivity contribution < 1.29 is 9.53 Å². The molecule has 3 aromatic rings. The molecule has 0 atom stereocenters. The first-order chi connectivity index (χ1) is 13.8. The zero-order valence-electron chi connectivity index (χ0n) is 17.3. The Morgan fingerprint density at radius 1 is 1.34 bits per heavy atom. The smallest absolute Gasteiger partial charge is 0.267 e. The number of nitrogens with zero attached hydrogens (tertiary/aromatic N) is 3. The van der Waals surface area contributed by atoms with Crippen LogP contribution >= 0.6 is 0 Å². The number of ether oxygens (including phenoxy) is 1. The number of fused-ring (bicyclic) bond motifs is 2. The van der Waals surface area contributed by atoms with E-state index in [9.17, 15) is 9.59 Å². The summed E-state index contributed by atoms with van der Waals surface area (Å²) >= 11 is 0. The lowest BCUT2D eigenvalue weighted by Gasteiger charge is -2.15. The van der Waals surface area contributed by atoms with Gasteiger partial charge in [0.25, 0.3) is 11.5 Å². The van der Waals surface area contributed by atoms with Crippen LogP contribution < -0.4 is 16.4 Å². The van der Waals surface area contributed by atoms with Gasteiger partial charge < -0.3 is 14.6 Å². The molecule has 0 spiro atoms. The van der Waals surface area contributed by atoms with Crippen LogP contribution in [0.15, 0.2) is 29.2 Å². The van der Waals surface area contributed by atoms with Crippen LogP contribution in [0.5, 0.6) is 0 Å². The number of aryl methyl sites for hydroxylation is 2. The average molecular weight is 397 g/mol. The summed E-state index contributed by atoms with van der Waals surface area (Å²) in [5, 5.41) is 11.8. The van der Waals surface area contributed by atoms with Gasteiger partial charge in [0, 0.05) is 33.0 Å². The molecule has 1 amide bonds. The van der Waals surface area contributed by atoms with Crippen molar-refractivity contribution in [1.29, 1.82) is 5.41 Å². The standard InChI is InChI=1S/C21H27N5O3/c1-13(2)12-23-20(27)15-11-16-19(25(17(15)22)9-6-10-29-4)24-18-14(3)7-5-8-26(18)21(16)28/h5,7-8,11,13,22H,6,9-10,12H2,1-4H3,(H,23,27). The van der Waals surface area contributed by atoms with Gasteiger partial charge in [0.1, 0.15) is 16.8 Å². The van der Waals surface area contributed by atoms with Crippen molar-refractivity contribution in [2.45, 2.75) is 33.7 Å². The summed E-state index contributed by atoms with van der Waals surface area (Å²) in [6.45, 7) is 7.30. The maximum absolute atomic E-state index is 13.2. The summed E-state index contributed by atoms with van der Waals surface area (Å²) in [6.07, 6.45) is 2.30. The third-order valence-corrected chi connectivity index (χ3v) is 4.78. The summed E-state index contributed by atoms with van der Waals surface area (Å²) in [5.74, 6) is -0.0820. The lowest BCUT2D eigenvalue weighted by molar-refractivity contribution is 0.0946. The largest absolute Gasteiger partial charge is 0.385 e. The Balaban J connectivity index is 2.28. The number of rotatable bonds is 7. The molecule has 3 heterocycles. The number of carbonyl (C=O) groups excluding carboxylic acids is 1. The van der Waals surface area contributed by atoms with Crippen molar-refractivity contribution in [3.8, 4) is 0 Å². The van der Waals surface area contributed by atoms with E-state index in [0.717, 1.165) is 5.56 Å². The number of aromatic nitrogens is 3. The Bertz CT molecular complexity index is 1180. The van der Waals surface area contributed by atoms with Gasteiger partial charge in [-0.15, -0.1) is 0 Å². The number of pyridine rings is 2. The first-order valence-electron chi connectivity index (χ1n) is 9.72. The third-order valence-electron chi connectivity index (χ3n) is 4.78. The quantitative estimate of drug-likeness (QED) is 0.469. The van der Waals surface area contributed by atoms with Crippen molar-refractivity contribution >= 4 is 22.6 Å². The topological polar surface area (TPSA) is 101 Å². The third kappa shape index (κ3) is 4.07. The zero-order valence-corrected chi connectivity index (χ0v) is 17.3. The molecule has 0 fully saturated rings. The molecule has 8 nitrogen and oxygen atoms in total. The fourth-order valence-corrected chi connectivity index (χ4v) is 3.25. The second-order valence-electron chi connectivity index (χ2n) is 7.55. The van der Waals surface area contributed by atoms with Crippen molar-refractivity contribution in [3.63, 3.8) is 0 Å². The predicted molar refractivity (Wildman–Crippen MR) is 111 cm³/mol. The molecule has 0 unspecified atom stereocenters. The molecule has 3 aromatic heterocycles. The maximum Gasteiger partial charge on any atom is 0.267 e. The molecule has 0 radical (unpaired) electrons. The van der Waals surface area contributed by atoms with Gasteiger partial charge in [-0.1, -0.05) is 19.9 Å². The number of nitrogens with one attached hydrogen (secondary N) is 2. The molecule has 0 saturated heterocycles. The van der Waals surface area contributed by atoms with Crippen molar-refractivity contribution in [3.05, 3.63) is 51.4 Å². The molecule has 29 heavy (non-hydrogen) atoms. The fourth-order valence-electron chi connectivity index (χ4n) is 3.25. The normalized spacial score (nSPS) is 11.5. The van der Waals surface area contributed by atoms with E-state index < -0.39 is 0 Å². The van der Waals surface area contributed by atoms with E-state index in [-0.39, 0.29) is 28.4 Å². The van der Waals surface area contributed by atoms with Crippen LogP contribution in [-0.4, -0.2) is 40.1 Å². The van der Waals surface area contributed by atoms with Gasteiger partial charge in [-0.2, -0.15) is 0 Å². The van der Waals surface area contributed by atoms with Crippen LogP contribution in [0.2, 0.25) is 0 Å². The summed E-state index contributed by atoms with van der Waals surface area (Å²) in [7, 11) is 1.61. The second-order valence-corrected chi connectivity index (χ2v) is 7.55. The first kappa shape index (κ1) is 20.7. The number of amides is 1. The predicted octanol–water partition coefficient (Wildman–Crippen LogP) is 1.86. The molecule has 154 valence electrons. The second kappa shape index (κ2) is 8.57. The molecule has 0 aliphatic carbocycles. The summed E-state index contributed by atoms with van der Waals surface area (Å²) in [6, 6.07) is 5.17. The number of hydrogen-bond donors (Lipinski definition) is 2. The molecule has 0 bridgehead atoms. The Morgan fingerprint density at radius 3 is 2.79 bits per heavy atom. The highest BCUT2D eigenvalue weighted by Crippen LogP contribution is 2.13. The molecular formula is C21H27N5O3. The molecule has 8 heteroatoms. The van der Waals surface area contributed by atoms with Gasteiger partial charge in [-0.05, 0) is 37.0 Å². The van der Waals surface area contributed by atoms with Gasteiger partial charge in [-0.25, -0.2) is 4.98 Å². The van der Waals surface area contributed by atoms with Gasteiger partial charge in [0.2, 0.25) is 0 Å². The van der Waals surface area contributed by atoms with E-state index in [1.807, 2.05) is 26.8 Å². The zero-order chi connectivity index (χ0) is 21.1. The minimum Gasteiger partial charge on any atom is -0.385 e. The molecule has 2 N–H and O–H groups in total. The van der Waals surface area contributed by atoms with Gasteiger partial charge in [-0.3, -0.25) is 19.4 Å². The molecule has 0 saturated carbocycles. The van der Waals surface area contributed by atoms with Crippen LogP contribution in [0.25, 0.3) is 16.7 Å². The highest BCUT2D eigenvalue weighted by atomic mass is 16.5. The minimum absolute atomic E-state index is 0.0414. The van der Waals surface area contributed by atoms with Crippen LogP contribution in [0.1, 0.15) is 36.2 Å². The molecule has 3 rings (SSSR count). The maximum atomic E-state index is 13.2. The molecule has 0 aromatic carbocycles. The van der Waals surface area contributed by atoms with E-state index >= 15 is 0 Å². The van der Waals surface area contributed by atoms with Crippen LogP contribution in [-0.2, 0) is 11.3 Å². The van der Waals surface area contributed by atoms with E-state index in [4.69, 9.17) is 10.1 Å². The monoisotopic (exact) mass is 397 g/mol. The Morgan fingerprint density at radius 2 is 2.10 bits per heavy atom. The average Bonchev–Trinajstić information content (AvgIpc) is 2.69. The van der Waals surface area contributed by atoms with Crippen LogP contribution in [0.3, 0.4) is 0 Å². The fraction of sp³-hybridized carbons (Fsp3) is 0.429. The van der Waals surface area contributed by atoms with Crippen molar-refractivity contribution in [1.82, 2.24) is 19.3 Å². The van der Waals surface area contributed by atoms with Crippen molar-refractivity contribution in [2.24, 2.45) is 5.92 Å². The van der Waals surface area contributed by atoms with Gasteiger partial charge in [0.05, 0.1) is 10.9 Å². The lowest BCUT2D eigenvalue weighted by atomic mass is 10.1. The van der Waals surface area contributed by atoms with Crippen LogP contribution in [0, 0.1) is 18.3 Å². The lowest BCUT2D eigenvalue weighted by Crippen LogP contribution is -2.36. The number of methoxy groups -OCH3 is 1. The first-order valence-corrected chi connectivity index (χ1v) is 9.72. The molecular weight excluding hydrogens is 370 g/mol. The Kier molecular flexibility index (Phi) is 6.12. The SMILES string of the molecule is COCCCn1c(=N)c(C(=O)NCC(C)C)cc2c(=O)n3cccc(C)c3nc21. The number of carbonyl (C=O) groups is 1. The van der Waals surface area contributed by atoms with Crippen molar-refractivity contribution in [2.75, 3.05) is 20.3 Å². The highest BCUT2D eigenvalue weighted by molar-refractivity contribution is 5.96. The summed E-state index contributed by atoms with van der Waals surface area (Å²) < 4.78 is 8.25. The van der Waals surface area contributed by atoms with Gasteiger partial charge in [0.15, 0.2) is 0 Å². The van der Waals surface area contributed by atoms with E-state index in [2.05, 4.69) is 10.3 Å². The number of hydrogen-bond acceptors (Lipinski definition) is 5. The van der Waals surface area contributed by atoms with Gasteiger partial charge >= 0.3 is 0 Å². The highest BCUT2D eigenvalue weighted by Gasteiger charge is 2.18.